The summed E-state index contributed by atoms with van der Waals surface area (Å²) in [6.45, 7) is 8.79. The number of hydrogen-bond acceptors (Lipinski definition) is 2. The van der Waals surface area contributed by atoms with Gasteiger partial charge in [0.1, 0.15) is 32.2 Å². The third-order valence-corrected chi connectivity index (χ3v) is 6.13. The molecule has 2 amide bonds. The van der Waals surface area contributed by atoms with Gasteiger partial charge in [-0.15, -0.1) is 11.3 Å². The van der Waals surface area contributed by atoms with Crippen LogP contribution in [0.2, 0.25) is 0 Å². The molecule has 1 aliphatic rings. The molecular weight excluding hydrogens is 344 g/mol. The molecular formula is C20H30N4OS+2. The van der Waals surface area contributed by atoms with Gasteiger partial charge in [0.2, 0.25) is 0 Å². The first-order valence-corrected chi connectivity index (χ1v) is 10.2. The van der Waals surface area contributed by atoms with Crippen LogP contribution in [0.1, 0.15) is 23.4 Å². The third kappa shape index (κ3) is 4.84. The molecule has 1 aromatic carbocycles. The number of carbonyl (C=O) groups is 1. The number of urea groups is 1. The second-order valence-corrected chi connectivity index (χ2v) is 8.34. The Hall–Kier alpha value is -1.89. The largest absolute Gasteiger partial charge is 0.329 e. The number of likely N-dealkylation sites (N-methyl/N-ethyl adjacent to an activating group) is 1. The van der Waals surface area contributed by atoms with Gasteiger partial charge in [-0.1, -0.05) is 18.2 Å². The van der Waals surface area contributed by atoms with Gasteiger partial charge in [-0.25, -0.2) is 4.79 Å². The highest BCUT2D eigenvalue weighted by Gasteiger charge is 2.34. The number of thiophene rings is 1. The molecule has 0 unspecified atom stereocenters. The van der Waals surface area contributed by atoms with E-state index < -0.39 is 0 Å². The summed E-state index contributed by atoms with van der Waals surface area (Å²) in [5, 5.41) is 8.27. The molecule has 3 rings (SSSR count). The first-order chi connectivity index (χ1) is 12.5. The van der Waals surface area contributed by atoms with Gasteiger partial charge in [0.15, 0.2) is 0 Å². The van der Waals surface area contributed by atoms with Crippen LogP contribution in [0.4, 0.5) is 10.5 Å². The number of piperazine rings is 1. The average Bonchev–Trinajstić information content (AvgIpc) is 3.11. The minimum Gasteiger partial charge on any atom is -0.329 e. The summed E-state index contributed by atoms with van der Waals surface area (Å²) in [5.41, 5.74) is 1.97. The lowest BCUT2D eigenvalue weighted by molar-refractivity contribution is -1.02. The Labute approximate surface area is 160 Å². The zero-order valence-corrected chi connectivity index (χ0v) is 16.7. The van der Waals surface area contributed by atoms with Crippen molar-refractivity contribution >= 4 is 23.1 Å². The highest BCUT2D eigenvalue weighted by atomic mass is 32.1. The summed E-state index contributed by atoms with van der Waals surface area (Å²) < 4.78 is 0. The van der Waals surface area contributed by atoms with Crippen LogP contribution in [0, 0.1) is 6.92 Å². The standard InChI is InChI=1S/C20H28N4OS/c1-15-6-4-7-17(14-15)22-20(25)21-16(2)19(18-8-5-13-26-18)24-11-9-23(3)10-12-24/h4-8,13-14,16,19H,9-12H2,1-3H3,(H2,21,22,25)/p+2/t16-,19-/m1/s1. The number of aryl methyl sites for hydroxylation is 1. The van der Waals surface area contributed by atoms with E-state index in [0.717, 1.165) is 24.3 Å². The number of rotatable bonds is 5. The second kappa shape index (κ2) is 8.66. The Morgan fingerprint density at radius 1 is 1.15 bits per heavy atom. The van der Waals surface area contributed by atoms with E-state index in [4.69, 9.17) is 0 Å². The molecule has 5 nitrogen and oxygen atoms in total. The summed E-state index contributed by atoms with van der Waals surface area (Å²) in [6, 6.07) is 12.4. The van der Waals surface area contributed by atoms with Crippen molar-refractivity contribution in [3.05, 3.63) is 52.2 Å². The van der Waals surface area contributed by atoms with E-state index in [0.29, 0.717) is 6.04 Å². The second-order valence-electron chi connectivity index (χ2n) is 7.37. The van der Waals surface area contributed by atoms with Crippen LogP contribution in [0.25, 0.3) is 0 Å². The molecule has 6 heteroatoms. The summed E-state index contributed by atoms with van der Waals surface area (Å²) in [5.74, 6) is 0. The Kier molecular flexibility index (Phi) is 6.29. The van der Waals surface area contributed by atoms with E-state index in [2.05, 4.69) is 42.1 Å². The summed E-state index contributed by atoms with van der Waals surface area (Å²) >= 11 is 1.79. The molecule has 2 atom stereocenters. The Balaban J connectivity index is 1.67. The Morgan fingerprint density at radius 3 is 2.58 bits per heavy atom. The van der Waals surface area contributed by atoms with Crippen molar-refractivity contribution in [3.63, 3.8) is 0 Å². The highest BCUT2D eigenvalue weighted by Crippen LogP contribution is 2.20. The monoisotopic (exact) mass is 374 g/mol. The topological polar surface area (TPSA) is 50.0 Å². The number of anilines is 1. The van der Waals surface area contributed by atoms with Crippen molar-refractivity contribution in [2.75, 3.05) is 38.5 Å². The predicted molar refractivity (Wildman–Crippen MR) is 107 cm³/mol. The lowest BCUT2D eigenvalue weighted by atomic mass is 10.1. The SMILES string of the molecule is Cc1cccc(NC(=O)N[C@H](C)[C@H](c2cccs2)[NH+]2CC[NH+](C)CC2)c1. The molecule has 2 heterocycles. The van der Waals surface area contributed by atoms with Gasteiger partial charge in [0.05, 0.1) is 18.0 Å². The van der Waals surface area contributed by atoms with Crippen molar-refractivity contribution in [2.24, 2.45) is 0 Å². The van der Waals surface area contributed by atoms with Gasteiger partial charge in [-0.2, -0.15) is 0 Å². The Bertz CT molecular complexity index is 710. The van der Waals surface area contributed by atoms with Crippen LogP contribution in [0.3, 0.4) is 0 Å². The summed E-state index contributed by atoms with van der Waals surface area (Å²) in [6.07, 6.45) is 0. The molecule has 0 saturated carbocycles. The number of hydrogen-bond donors (Lipinski definition) is 4. The van der Waals surface area contributed by atoms with E-state index >= 15 is 0 Å². The maximum atomic E-state index is 12.5. The maximum absolute atomic E-state index is 12.5. The van der Waals surface area contributed by atoms with Crippen LogP contribution < -0.4 is 20.4 Å². The third-order valence-electron chi connectivity index (χ3n) is 5.17. The molecule has 0 bridgehead atoms. The Morgan fingerprint density at radius 2 is 1.92 bits per heavy atom. The number of benzene rings is 1. The quantitative estimate of drug-likeness (QED) is 0.613. The molecule has 0 radical (unpaired) electrons. The summed E-state index contributed by atoms with van der Waals surface area (Å²) in [7, 11) is 2.26. The first kappa shape index (κ1) is 18.9. The van der Waals surface area contributed by atoms with Crippen LogP contribution in [-0.2, 0) is 0 Å². The first-order valence-electron chi connectivity index (χ1n) is 9.36. The number of amides is 2. The lowest BCUT2D eigenvalue weighted by Crippen LogP contribution is -3.27. The fraction of sp³-hybridized carbons (Fsp3) is 0.450. The molecule has 2 aromatic rings. The van der Waals surface area contributed by atoms with E-state index in [1.165, 1.54) is 18.0 Å². The van der Waals surface area contributed by atoms with Crippen molar-refractivity contribution < 1.29 is 14.6 Å². The molecule has 0 spiro atoms. The van der Waals surface area contributed by atoms with Gasteiger partial charge >= 0.3 is 6.03 Å². The predicted octanol–water partition coefficient (Wildman–Crippen LogP) is 0.721. The zero-order chi connectivity index (χ0) is 18.5. The van der Waals surface area contributed by atoms with Crippen LogP contribution in [0.15, 0.2) is 41.8 Å². The van der Waals surface area contributed by atoms with Crippen LogP contribution in [0.5, 0.6) is 0 Å². The molecule has 0 aliphatic carbocycles. The zero-order valence-electron chi connectivity index (χ0n) is 15.8. The molecule has 140 valence electrons. The highest BCUT2D eigenvalue weighted by molar-refractivity contribution is 7.10. The minimum atomic E-state index is -0.135. The number of nitrogens with one attached hydrogen (secondary N) is 4. The van der Waals surface area contributed by atoms with Crippen molar-refractivity contribution in [3.8, 4) is 0 Å². The van der Waals surface area contributed by atoms with E-state index in [9.17, 15) is 4.79 Å². The van der Waals surface area contributed by atoms with Gasteiger partial charge in [-0.05, 0) is 43.0 Å². The smallest absolute Gasteiger partial charge is 0.319 e. The number of quaternary nitrogens is 2. The van der Waals surface area contributed by atoms with Crippen molar-refractivity contribution in [1.82, 2.24) is 5.32 Å². The average molecular weight is 375 g/mol. The van der Waals surface area contributed by atoms with Crippen LogP contribution in [-0.4, -0.2) is 45.3 Å². The molecule has 1 aromatic heterocycles. The van der Waals surface area contributed by atoms with Gasteiger partial charge in [-0.3, -0.25) is 0 Å². The molecule has 1 aliphatic heterocycles. The van der Waals surface area contributed by atoms with Gasteiger partial charge in [0.25, 0.3) is 0 Å². The molecule has 1 fully saturated rings. The number of carbonyl (C=O) groups excluding carboxylic acids is 1. The minimum absolute atomic E-state index is 0.0619. The van der Waals surface area contributed by atoms with Gasteiger partial charge in [0, 0.05) is 5.69 Å². The van der Waals surface area contributed by atoms with Crippen molar-refractivity contribution in [1.29, 1.82) is 0 Å². The fourth-order valence-corrected chi connectivity index (χ4v) is 4.75. The summed E-state index contributed by atoms with van der Waals surface area (Å²) in [4.78, 5) is 17.0. The fourth-order valence-electron chi connectivity index (χ4n) is 3.76. The molecule has 4 N–H and O–H groups in total. The van der Waals surface area contributed by atoms with Crippen molar-refractivity contribution in [2.45, 2.75) is 25.9 Å². The maximum Gasteiger partial charge on any atom is 0.319 e. The van der Waals surface area contributed by atoms with Crippen LogP contribution >= 0.6 is 11.3 Å². The normalized spacial score (nSPS) is 22.4. The molecule has 26 heavy (non-hydrogen) atoms. The lowest BCUT2D eigenvalue weighted by Gasteiger charge is -2.35. The van der Waals surface area contributed by atoms with E-state index in [1.54, 1.807) is 21.1 Å². The molecule has 1 saturated heterocycles. The van der Waals surface area contributed by atoms with E-state index in [-0.39, 0.29) is 12.1 Å². The van der Waals surface area contributed by atoms with Gasteiger partial charge < -0.3 is 20.4 Å². The van der Waals surface area contributed by atoms with E-state index in [1.807, 2.05) is 31.2 Å².